The summed E-state index contributed by atoms with van der Waals surface area (Å²) in [6, 6.07) is 8.76. The van der Waals surface area contributed by atoms with Crippen LogP contribution in [0.15, 0.2) is 34.9 Å². The highest BCUT2D eigenvalue weighted by atomic mass is 19.1. The number of para-hydroxylation sites is 1. The predicted molar refractivity (Wildman–Crippen MR) is 89.3 cm³/mol. The molecule has 0 saturated carbocycles. The van der Waals surface area contributed by atoms with Crippen LogP contribution in [-0.4, -0.2) is 16.0 Å². The summed E-state index contributed by atoms with van der Waals surface area (Å²) in [5, 5.41) is 4.91. The van der Waals surface area contributed by atoms with E-state index in [1.54, 1.807) is 19.9 Å². The molecule has 0 aliphatic carbocycles. The molecule has 0 fully saturated rings. The number of hydrogen-bond acceptors (Lipinski definition) is 3. The van der Waals surface area contributed by atoms with Crippen molar-refractivity contribution in [3.63, 3.8) is 0 Å². The standard InChI is InChI=1S/C18H14FN3O2/c1-8-14(9(2)24-22-8)11-7-12(18(20)23)17-15(16(11)19)10-5-3-4-6-13(10)21-17/h3-7,21H,1-2H3,(H2,20,23). The van der Waals surface area contributed by atoms with E-state index in [1.165, 1.54) is 6.07 Å². The number of amides is 1. The number of carbonyl (C=O) groups is 1. The number of primary amides is 1. The molecule has 2 aromatic heterocycles. The van der Waals surface area contributed by atoms with Gasteiger partial charge < -0.3 is 15.2 Å². The maximum atomic E-state index is 15.4. The number of carbonyl (C=O) groups excluding carboxylic acids is 1. The Balaban J connectivity index is 2.22. The zero-order chi connectivity index (χ0) is 17.0. The smallest absolute Gasteiger partial charge is 0.250 e. The molecule has 2 heterocycles. The van der Waals surface area contributed by atoms with E-state index in [0.717, 1.165) is 5.52 Å². The lowest BCUT2D eigenvalue weighted by Gasteiger charge is -2.08. The number of nitrogens with zero attached hydrogens (tertiary/aromatic N) is 1. The van der Waals surface area contributed by atoms with Gasteiger partial charge in [0.1, 0.15) is 11.6 Å². The number of aryl methyl sites for hydroxylation is 2. The molecule has 0 unspecified atom stereocenters. The van der Waals surface area contributed by atoms with Gasteiger partial charge in [-0.25, -0.2) is 4.39 Å². The summed E-state index contributed by atoms with van der Waals surface area (Å²) in [6.45, 7) is 3.44. The van der Waals surface area contributed by atoms with Crippen molar-refractivity contribution >= 4 is 27.7 Å². The topological polar surface area (TPSA) is 84.9 Å². The van der Waals surface area contributed by atoms with Crippen LogP contribution in [0.5, 0.6) is 0 Å². The van der Waals surface area contributed by atoms with Gasteiger partial charge in [0, 0.05) is 21.9 Å². The molecule has 4 rings (SSSR count). The third kappa shape index (κ3) is 1.86. The number of rotatable bonds is 2. The molecule has 24 heavy (non-hydrogen) atoms. The van der Waals surface area contributed by atoms with E-state index in [9.17, 15) is 4.79 Å². The molecule has 0 bridgehead atoms. The van der Waals surface area contributed by atoms with Crippen LogP contribution >= 0.6 is 0 Å². The lowest BCUT2D eigenvalue weighted by Crippen LogP contribution is -2.12. The van der Waals surface area contributed by atoms with E-state index in [1.807, 2.05) is 18.2 Å². The zero-order valence-corrected chi connectivity index (χ0v) is 13.1. The third-order valence-electron chi connectivity index (χ3n) is 4.29. The molecule has 3 N–H and O–H groups in total. The molecule has 0 radical (unpaired) electrons. The van der Waals surface area contributed by atoms with E-state index in [4.69, 9.17) is 10.3 Å². The van der Waals surface area contributed by atoms with Crippen LogP contribution in [0.25, 0.3) is 32.9 Å². The van der Waals surface area contributed by atoms with Gasteiger partial charge in [-0.05, 0) is 26.0 Å². The number of nitrogens with one attached hydrogen (secondary N) is 1. The number of nitrogens with two attached hydrogens (primary N) is 1. The summed E-state index contributed by atoms with van der Waals surface area (Å²) in [6.07, 6.45) is 0. The maximum Gasteiger partial charge on any atom is 0.250 e. The van der Waals surface area contributed by atoms with Crippen LogP contribution in [-0.2, 0) is 0 Å². The lowest BCUT2D eigenvalue weighted by molar-refractivity contribution is 0.100. The van der Waals surface area contributed by atoms with Gasteiger partial charge in [-0.3, -0.25) is 4.79 Å². The molecule has 2 aromatic carbocycles. The number of halogens is 1. The molecule has 1 amide bonds. The fourth-order valence-electron chi connectivity index (χ4n) is 3.23. The summed E-state index contributed by atoms with van der Waals surface area (Å²) in [5.41, 5.74) is 8.27. The minimum Gasteiger partial charge on any atom is -0.366 e. The van der Waals surface area contributed by atoms with Crippen LogP contribution < -0.4 is 5.73 Å². The summed E-state index contributed by atoms with van der Waals surface area (Å²) in [7, 11) is 0. The first-order valence-electron chi connectivity index (χ1n) is 7.45. The highest BCUT2D eigenvalue weighted by molar-refractivity contribution is 6.16. The van der Waals surface area contributed by atoms with Crippen molar-refractivity contribution in [3.8, 4) is 11.1 Å². The average molecular weight is 323 g/mol. The fourth-order valence-corrected chi connectivity index (χ4v) is 3.23. The Labute approximate surface area is 136 Å². The molecule has 0 atom stereocenters. The van der Waals surface area contributed by atoms with Crippen LogP contribution in [0.4, 0.5) is 4.39 Å². The van der Waals surface area contributed by atoms with E-state index in [2.05, 4.69) is 10.1 Å². The second-order valence-electron chi connectivity index (χ2n) is 5.77. The van der Waals surface area contributed by atoms with Crippen LogP contribution in [0.1, 0.15) is 21.8 Å². The molecular formula is C18H14FN3O2. The van der Waals surface area contributed by atoms with Gasteiger partial charge in [-0.1, -0.05) is 23.4 Å². The highest BCUT2D eigenvalue weighted by Crippen LogP contribution is 2.38. The zero-order valence-electron chi connectivity index (χ0n) is 13.1. The van der Waals surface area contributed by atoms with Crippen molar-refractivity contribution in [1.29, 1.82) is 0 Å². The fraction of sp³-hybridized carbons (Fsp3) is 0.111. The van der Waals surface area contributed by atoms with Crippen LogP contribution in [0.2, 0.25) is 0 Å². The van der Waals surface area contributed by atoms with Crippen molar-refractivity contribution < 1.29 is 13.7 Å². The number of benzene rings is 2. The Kier molecular flexibility index (Phi) is 2.96. The van der Waals surface area contributed by atoms with Crippen molar-refractivity contribution in [2.45, 2.75) is 13.8 Å². The minimum absolute atomic E-state index is 0.234. The highest BCUT2D eigenvalue weighted by Gasteiger charge is 2.23. The van der Waals surface area contributed by atoms with E-state index < -0.39 is 11.7 Å². The molecule has 5 nitrogen and oxygen atoms in total. The first-order valence-corrected chi connectivity index (χ1v) is 7.45. The molecule has 0 aliphatic rings. The van der Waals surface area contributed by atoms with Gasteiger partial charge in [-0.2, -0.15) is 0 Å². The summed E-state index contributed by atoms with van der Waals surface area (Å²) in [5.74, 6) is -0.567. The molecule has 0 saturated heterocycles. The van der Waals surface area contributed by atoms with Crippen LogP contribution in [0, 0.1) is 19.7 Å². The molecule has 6 heteroatoms. The van der Waals surface area contributed by atoms with Gasteiger partial charge >= 0.3 is 0 Å². The van der Waals surface area contributed by atoms with Crippen molar-refractivity contribution in [2.24, 2.45) is 5.73 Å². The Morgan fingerprint density at radius 1 is 1.29 bits per heavy atom. The molecule has 0 spiro atoms. The minimum atomic E-state index is -0.625. The number of H-pyrrole nitrogens is 1. The number of fused-ring (bicyclic) bond motifs is 3. The quantitative estimate of drug-likeness (QED) is 0.588. The second-order valence-corrected chi connectivity index (χ2v) is 5.77. The van der Waals surface area contributed by atoms with Gasteiger partial charge in [0.15, 0.2) is 0 Å². The predicted octanol–water partition coefficient (Wildman–Crippen LogP) is 3.83. The summed E-state index contributed by atoms with van der Waals surface area (Å²) < 4.78 is 20.5. The van der Waals surface area contributed by atoms with Gasteiger partial charge in [-0.15, -0.1) is 0 Å². The van der Waals surface area contributed by atoms with E-state index in [-0.39, 0.29) is 11.1 Å². The first-order chi connectivity index (χ1) is 11.5. The molecule has 0 aliphatic heterocycles. The molecule has 120 valence electrons. The van der Waals surface area contributed by atoms with Gasteiger partial charge in [0.05, 0.1) is 22.3 Å². The van der Waals surface area contributed by atoms with E-state index in [0.29, 0.717) is 33.3 Å². The Bertz CT molecular complexity index is 1100. The number of aromatic nitrogens is 2. The third-order valence-corrected chi connectivity index (χ3v) is 4.29. The summed E-state index contributed by atoms with van der Waals surface area (Å²) >= 11 is 0. The Morgan fingerprint density at radius 2 is 2.04 bits per heavy atom. The first kappa shape index (κ1) is 14.4. The van der Waals surface area contributed by atoms with Crippen LogP contribution in [0.3, 0.4) is 0 Å². The largest absolute Gasteiger partial charge is 0.366 e. The van der Waals surface area contributed by atoms with Gasteiger partial charge in [0.2, 0.25) is 0 Å². The Morgan fingerprint density at radius 3 is 2.71 bits per heavy atom. The van der Waals surface area contributed by atoms with Crippen molar-refractivity contribution in [1.82, 2.24) is 10.1 Å². The van der Waals surface area contributed by atoms with E-state index >= 15 is 4.39 Å². The SMILES string of the molecule is Cc1noc(C)c1-c1cc(C(N)=O)c2[nH]c3ccccc3c2c1F. The second kappa shape index (κ2) is 4.92. The monoisotopic (exact) mass is 323 g/mol. The van der Waals surface area contributed by atoms with Crippen molar-refractivity contribution in [3.05, 3.63) is 53.2 Å². The molecule has 4 aromatic rings. The molecular weight excluding hydrogens is 309 g/mol. The normalized spacial score (nSPS) is 11.5. The summed E-state index contributed by atoms with van der Waals surface area (Å²) in [4.78, 5) is 15.0. The van der Waals surface area contributed by atoms with Gasteiger partial charge in [0.25, 0.3) is 5.91 Å². The van der Waals surface area contributed by atoms with Crippen molar-refractivity contribution in [2.75, 3.05) is 0 Å². The number of hydrogen-bond donors (Lipinski definition) is 2. The Hall–Kier alpha value is -3.15. The number of aromatic amines is 1. The average Bonchev–Trinajstić information content (AvgIpc) is 3.09. The maximum absolute atomic E-state index is 15.4. The lowest BCUT2D eigenvalue weighted by atomic mass is 9.97.